The number of halogens is 1. The van der Waals surface area contributed by atoms with Crippen LogP contribution >= 0.6 is 11.6 Å². The van der Waals surface area contributed by atoms with Gasteiger partial charge in [-0.2, -0.15) is 0 Å². The number of carbonyl (C=O) groups excluding carboxylic acids is 1. The van der Waals surface area contributed by atoms with Crippen LogP contribution in [0.3, 0.4) is 0 Å². The Bertz CT molecular complexity index is 1160. The molecule has 0 radical (unpaired) electrons. The molecule has 0 aliphatic heterocycles. The molecule has 0 unspecified atom stereocenters. The summed E-state index contributed by atoms with van der Waals surface area (Å²) in [6.07, 6.45) is -1.25. The number of hydrogen-bond acceptors (Lipinski definition) is 4. The van der Waals surface area contributed by atoms with Crippen LogP contribution in [0.2, 0.25) is 5.02 Å². The Hall–Kier alpha value is -3.38. The minimum atomic E-state index is -1.25. The zero-order valence-electron chi connectivity index (χ0n) is 16.8. The molecule has 30 heavy (non-hydrogen) atoms. The third-order valence-electron chi connectivity index (χ3n) is 4.64. The van der Waals surface area contributed by atoms with Gasteiger partial charge in [0.05, 0.1) is 11.3 Å². The van der Waals surface area contributed by atoms with E-state index in [-0.39, 0.29) is 17.4 Å². The fourth-order valence-electron chi connectivity index (χ4n) is 3.38. The van der Waals surface area contributed by atoms with Gasteiger partial charge in [-0.05, 0) is 60.9 Å². The largest absolute Gasteiger partial charge is 0.479 e. The summed E-state index contributed by atoms with van der Waals surface area (Å²) >= 11 is 6.05. The van der Waals surface area contributed by atoms with E-state index in [4.69, 9.17) is 16.3 Å². The highest BCUT2D eigenvalue weighted by molar-refractivity contribution is 6.30. The third kappa shape index (κ3) is 4.14. The van der Waals surface area contributed by atoms with Crippen molar-refractivity contribution in [2.75, 3.05) is 7.05 Å². The van der Waals surface area contributed by atoms with Crippen LogP contribution in [0.1, 0.15) is 34.6 Å². The average molecular weight is 425 g/mol. The van der Waals surface area contributed by atoms with Gasteiger partial charge < -0.3 is 15.2 Å². The van der Waals surface area contributed by atoms with Crippen LogP contribution in [-0.4, -0.2) is 29.0 Å². The molecule has 1 aromatic heterocycles. The molecule has 3 aromatic rings. The Labute approximate surface area is 179 Å². The summed E-state index contributed by atoms with van der Waals surface area (Å²) in [6.45, 7) is 7.08. The van der Waals surface area contributed by atoms with Crippen LogP contribution in [0, 0.1) is 6.92 Å². The standard InChI is InChI=1S/C23H21ClN2O4/c1-12(2)30-21(23(28)29)19-13(3)11-18-16(9-10-17(26-18)22(27)25-4)20(19)14-5-7-15(24)8-6-14/h5-11,21H,1H2,2-4H3,(H,25,27)(H,28,29)/t21-/m0/s1. The summed E-state index contributed by atoms with van der Waals surface area (Å²) in [5.41, 5.74) is 3.42. The number of carbonyl (C=O) groups is 2. The molecule has 0 saturated heterocycles. The molecular weight excluding hydrogens is 404 g/mol. The summed E-state index contributed by atoms with van der Waals surface area (Å²) in [7, 11) is 1.54. The Kier molecular flexibility index (Phi) is 6.08. The van der Waals surface area contributed by atoms with Crippen molar-refractivity contribution in [3.05, 3.63) is 76.6 Å². The lowest BCUT2D eigenvalue weighted by Gasteiger charge is -2.23. The number of ether oxygens (including phenoxy) is 1. The zero-order chi connectivity index (χ0) is 22.0. The number of aromatic nitrogens is 1. The first-order valence-electron chi connectivity index (χ1n) is 9.20. The van der Waals surface area contributed by atoms with Gasteiger partial charge in [-0.15, -0.1) is 0 Å². The molecule has 0 aliphatic rings. The number of nitrogens with zero attached hydrogens (tertiary/aromatic N) is 1. The van der Waals surface area contributed by atoms with E-state index in [1.54, 1.807) is 44.2 Å². The number of amides is 1. The van der Waals surface area contributed by atoms with E-state index in [2.05, 4.69) is 16.9 Å². The van der Waals surface area contributed by atoms with Crippen molar-refractivity contribution in [1.29, 1.82) is 0 Å². The minimum absolute atomic E-state index is 0.271. The molecule has 154 valence electrons. The molecule has 0 fully saturated rings. The van der Waals surface area contributed by atoms with Crippen LogP contribution in [0.25, 0.3) is 22.0 Å². The highest BCUT2D eigenvalue weighted by atomic mass is 35.5. The van der Waals surface area contributed by atoms with E-state index in [1.165, 1.54) is 7.05 Å². The molecule has 1 amide bonds. The van der Waals surface area contributed by atoms with Gasteiger partial charge in [0.25, 0.3) is 5.91 Å². The third-order valence-corrected chi connectivity index (χ3v) is 4.89. The van der Waals surface area contributed by atoms with Crippen molar-refractivity contribution in [3.8, 4) is 11.1 Å². The second-order valence-electron chi connectivity index (χ2n) is 6.87. The molecule has 1 heterocycles. The summed E-state index contributed by atoms with van der Waals surface area (Å²) in [6, 6.07) is 12.2. The Morgan fingerprint density at radius 1 is 1.20 bits per heavy atom. The van der Waals surface area contributed by atoms with Crippen molar-refractivity contribution in [2.24, 2.45) is 0 Å². The number of hydrogen-bond donors (Lipinski definition) is 2. The second kappa shape index (κ2) is 8.55. The molecular formula is C23H21ClN2O4. The van der Waals surface area contributed by atoms with Gasteiger partial charge in [0.2, 0.25) is 6.10 Å². The Balaban J connectivity index is 2.39. The smallest absolute Gasteiger partial charge is 0.349 e. The molecule has 0 spiro atoms. The molecule has 0 saturated carbocycles. The molecule has 0 aliphatic carbocycles. The maximum Gasteiger partial charge on any atom is 0.349 e. The monoisotopic (exact) mass is 424 g/mol. The number of benzene rings is 2. The summed E-state index contributed by atoms with van der Waals surface area (Å²) in [5, 5.41) is 13.7. The van der Waals surface area contributed by atoms with Crippen LogP contribution in [0.5, 0.6) is 0 Å². The highest BCUT2D eigenvalue weighted by Crippen LogP contribution is 2.39. The van der Waals surface area contributed by atoms with Crippen LogP contribution in [-0.2, 0) is 9.53 Å². The Morgan fingerprint density at radius 2 is 1.87 bits per heavy atom. The number of nitrogens with one attached hydrogen (secondary N) is 1. The molecule has 2 N–H and O–H groups in total. The van der Waals surface area contributed by atoms with Gasteiger partial charge in [0, 0.05) is 23.0 Å². The van der Waals surface area contributed by atoms with Crippen LogP contribution in [0.4, 0.5) is 0 Å². The van der Waals surface area contributed by atoms with Gasteiger partial charge in [-0.1, -0.05) is 30.3 Å². The number of aliphatic carboxylic acids is 1. The highest BCUT2D eigenvalue weighted by Gasteiger charge is 2.29. The quantitative estimate of drug-likeness (QED) is 0.549. The van der Waals surface area contributed by atoms with Crippen LogP contribution in [0.15, 0.2) is 54.8 Å². The van der Waals surface area contributed by atoms with Gasteiger partial charge in [-0.25, -0.2) is 9.78 Å². The molecule has 6 nitrogen and oxygen atoms in total. The van der Waals surface area contributed by atoms with Crippen molar-refractivity contribution in [2.45, 2.75) is 20.0 Å². The van der Waals surface area contributed by atoms with Crippen molar-refractivity contribution in [3.63, 3.8) is 0 Å². The first kappa shape index (κ1) is 21.3. The van der Waals surface area contributed by atoms with E-state index >= 15 is 0 Å². The van der Waals surface area contributed by atoms with Gasteiger partial charge >= 0.3 is 5.97 Å². The lowest BCUT2D eigenvalue weighted by atomic mass is 9.88. The predicted octanol–water partition coefficient (Wildman–Crippen LogP) is 4.90. The van der Waals surface area contributed by atoms with E-state index in [1.807, 2.05) is 12.1 Å². The average Bonchev–Trinajstić information content (AvgIpc) is 2.70. The molecule has 2 aromatic carbocycles. The first-order valence-corrected chi connectivity index (χ1v) is 9.58. The number of fused-ring (bicyclic) bond motifs is 1. The number of carboxylic acid groups (broad SMARTS) is 1. The maximum absolute atomic E-state index is 12.1. The lowest BCUT2D eigenvalue weighted by molar-refractivity contribution is -0.148. The van der Waals surface area contributed by atoms with Crippen molar-refractivity contribution < 1.29 is 19.4 Å². The van der Waals surface area contributed by atoms with E-state index < -0.39 is 12.1 Å². The number of carboxylic acids is 1. The molecule has 7 heteroatoms. The van der Waals surface area contributed by atoms with Crippen molar-refractivity contribution >= 4 is 34.4 Å². The summed E-state index contributed by atoms with van der Waals surface area (Å²) in [4.78, 5) is 28.6. The van der Waals surface area contributed by atoms with Crippen LogP contribution < -0.4 is 5.32 Å². The summed E-state index contributed by atoms with van der Waals surface area (Å²) < 4.78 is 5.59. The fourth-order valence-corrected chi connectivity index (χ4v) is 3.50. The van der Waals surface area contributed by atoms with Gasteiger partial charge in [-0.3, -0.25) is 4.79 Å². The number of aryl methyl sites for hydroxylation is 1. The SMILES string of the molecule is C=C(C)O[C@H](C(=O)O)c1c(C)cc2nc(C(=O)NC)ccc2c1-c1ccc(Cl)cc1. The minimum Gasteiger partial charge on any atom is -0.479 e. The lowest BCUT2D eigenvalue weighted by Crippen LogP contribution is -2.19. The fraction of sp³-hybridized carbons (Fsp3) is 0.174. The maximum atomic E-state index is 12.1. The first-order chi connectivity index (χ1) is 14.2. The van der Waals surface area contributed by atoms with E-state index in [9.17, 15) is 14.7 Å². The zero-order valence-corrected chi connectivity index (χ0v) is 17.6. The normalized spacial score (nSPS) is 11.7. The number of pyridine rings is 1. The van der Waals surface area contributed by atoms with E-state index in [0.717, 1.165) is 5.56 Å². The number of allylic oxidation sites excluding steroid dienone is 1. The van der Waals surface area contributed by atoms with E-state index in [0.29, 0.717) is 32.6 Å². The molecule has 3 rings (SSSR count). The topological polar surface area (TPSA) is 88.5 Å². The second-order valence-corrected chi connectivity index (χ2v) is 7.31. The Morgan fingerprint density at radius 3 is 2.43 bits per heavy atom. The van der Waals surface area contributed by atoms with Crippen molar-refractivity contribution in [1.82, 2.24) is 10.3 Å². The summed E-state index contributed by atoms with van der Waals surface area (Å²) in [5.74, 6) is -1.15. The van der Waals surface area contributed by atoms with Gasteiger partial charge in [0.1, 0.15) is 5.69 Å². The predicted molar refractivity (Wildman–Crippen MR) is 117 cm³/mol. The van der Waals surface area contributed by atoms with Gasteiger partial charge in [0.15, 0.2) is 0 Å². The molecule has 1 atom stereocenters. The molecule has 0 bridgehead atoms. The number of rotatable bonds is 6.